The monoisotopic (exact) mass is 376 g/mol. The molecule has 0 N–H and O–H groups in total. The third-order valence-electron chi connectivity index (χ3n) is 6.26. The van der Waals surface area contributed by atoms with Crippen molar-refractivity contribution in [3.05, 3.63) is 54.5 Å². The van der Waals surface area contributed by atoms with Crippen molar-refractivity contribution < 1.29 is 4.74 Å². The molecule has 0 amide bonds. The van der Waals surface area contributed by atoms with E-state index in [4.69, 9.17) is 14.8 Å². The molecule has 2 aromatic heterocycles. The first-order valence-electron chi connectivity index (χ1n) is 10.6. The zero-order valence-corrected chi connectivity index (χ0v) is 16.3. The summed E-state index contributed by atoms with van der Waals surface area (Å²) in [6.07, 6.45) is 6.86. The van der Waals surface area contributed by atoms with Crippen LogP contribution >= 0.6 is 0 Å². The number of ether oxygens (including phenoxy) is 1. The van der Waals surface area contributed by atoms with Crippen LogP contribution in [0.2, 0.25) is 0 Å². The van der Waals surface area contributed by atoms with Crippen LogP contribution in [0.1, 0.15) is 37.4 Å². The number of pyridine rings is 1. The summed E-state index contributed by atoms with van der Waals surface area (Å²) in [7, 11) is 0. The Kier molecular flexibility index (Phi) is 5.10. The van der Waals surface area contributed by atoms with E-state index in [2.05, 4.69) is 47.5 Å². The first-order chi connectivity index (χ1) is 13.8. The maximum atomic E-state index is 5.49. The molecule has 2 aliphatic heterocycles. The van der Waals surface area contributed by atoms with Crippen molar-refractivity contribution in [3.63, 3.8) is 0 Å². The van der Waals surface area contributed by atoms with E-state index in [0.29, 0.717) is 5.92 Å². The van der Waals surface area contributed by atoms with Gasteiger partial charge in [-0.2, -0.15) is 5.10 Å². The maximum absolute atomic E-state index is 5.49. The maximum Gasteiger partial charge on any atom is 0.155 e. The lowest BCUT2D eigenvalue weighted by Crippen LogP contribution is -2.38. The van der Waals surface area contributed by atoms with E-state index in [9.17, 15) is 0 Å². The molecule has 2 saturated heterocycles. The molecule has 0 atom stereocenters. The van der Waals surface area contributed by atoms with Gasteiger partial charge in [-0.05, 0) is 62.4 Å². The quantitative estimate of drug-likeness (QED) is 0.690. The number of piperidine rings is 1. The molecule has 146 valence electrons. The minimum absolute atomic E-state index is 0.478. The number of likely N-dealkylation sites (tertiary alicyclic amines) is 1. The number of hydrogen-bond acceptors (Lipinski definition) is 4. The number of rotatable bonds is 4. The fourth-order valence-electron chi connectivity index (χ4n) is 4.54. The molecule has 0 saturated carbocycles. The SMILES string of the molecule is c1ccc(-c2ccc3nc(C4CCN(CC5CCOCC5)CC4)nn3c2)cc1. The summed E-state index contributed by atoms with van der Waals surface area (Å²) in [5.41, 5.74) is 3.33. The molecule has 0 aliphatic carbocycles. The third kappa shape index (κ3) is 3.82. The van der Waals surface area contributed by atoms with Gasteiger partial charge in [-0.3, -0.25) is 0 Å². The second-order valence-corrected chi connectivity index (χ2v) is 8.19. The molecule has 0 radical (unpaired) electrons. The first kappa shape index (κ1) is 17.8. The van der Waals surface area contributed by atoms with Crippen LogP contribution in [0.4, 0.5) is 0 Å². The largest absolute Gasteiger partial charge is 0.381 e. The Hall–Kier alpha value is -2.24. The predicted octanol–water partition coefficient (Wildman–Crippen LogP) is 4.00. The van der Waals surface area contributed by atoms with Crippen molar-refractivity contribution >= 4 is 5.65 Å². The van der Waals surface area contributed by atoms with E-state index < -0.39 is 0 Å². The molecule has 2 fully saturated rings. The molecular formula is C23H28N4O. The van der Waals surface area contributed by atoms with Crippen LogP contribution in [0, 0.1) is 5.92 Å². The topological polar surface area (TPSA) is 42.7 Å². The highest BCUT2D eigenvalue weighted by Gasteiger charge is 2.26. The van der Waals surface area contributed by atoms with Gasteiger partial charge in [0, 0.05) is 37.4 Å². The third-order valence-corrected chi connectivity index (χ3v) is 6.26. The Morgan fingerprint density at radius 2 is 1.68 bits per heavy atom. The Morgan fingerprint density at radius 1 is 0.893 bits per heavy atom. The molecule has 5 rings (SSSR count). The zero-order valence-electron chi connectivity index (χ0n) is 16.3. The standard InChI is InChI=1S/C23H28N4O/c1-2-4-19(5-3-1)21-6-7-22-24-23(25-27(22)17-21)20-8-12-26(13-9-20)16-18-10-14-28-15-11-18/h1-7,17-18,20H,8-16H2. The summed E-state index contributed by atoms with van der Waals surface area (Å²) in [6, 6.07) is 14.7. The van der Waals surface area contributed by atoms with Gasteiger partial charge in [0.05, 0.1) is 0 Å². The Morgan fingerprint density at radius 3 is 2.46 bits per heavy atom. The minimum Gasteiger partial charge on any atom is -0.381 e. The summed E-state index contributed by atoms with van der Waals surface area (Å²) in [5, 5.41) is 4.83. The van der Waals surface area contributed by atoms with Crippen LogP contribution in [0.5, 0.6) is 0 Å². The van der Waals surface area contributed by atoms with Gasteiger partial charge in [0.25, 0.3) is 0 Å². The fraction of sp³-hybridized carbons (Fsp3) is 0.478. The molecule has 0 spiro atoms. The van der Waals surface area contributed by atoms with Gasteiger partial charge in [0.1, 0.15) is 0 Å². The zero-order chi connectivity index (χ0) is 18.8. The number of benzene rings is 1. The Balaban J connectivity index is 1.25. The molecule has 5 nitrogen and oxygen atoms in total. The average Bonchev–Trinajstić information content (AvgIpc) is 3.19. The second-order valence-electron chi connectivity index (χ2n) is 8.19. The molecule has 2 aliphatic rings. The molecule has 28 heavy (non-hydrogen) atoms. The van der Waals surface area contributed by atoms with Gasteiger partial charge in [-0.1, -0.05) is 30.3 Å². The van der Waals surface area contributed by atoms with E-state index >= 15 is 0 Å². The van der Waals surface area contributed by atoms with Crippen molar-refractivity contribution in [1.82, 2.24) is 19.5 Å². The summed E-state index contributed by atoms with van der Waals surface area (Å²) in [6.45, 7) is 5.43. The minimum atomic E-state index is 0.478. The summed E-state index contributed by atoms with van der Waals surface area (Å²) >= 11 is 0. The Bertz CT molecular complexity index is 909. The molecule has 3 aromatic rings. The summed E-state index contributed by atoms with van der Waals surface area (Å²) in [4.78, 5) is 7.46. The van der Waals surface area contributed by atoms with Gasteiger partial charge in [-0.15, -0.1) is 0 Å². The number of aromatic nitrogens is 3. The molecule has 5 heteroatoms. The lowest BCUT2D eigenvalue weighted by atomic mass is 9.93. The average molecular weight is 377 g/mol. The lowest BCUT2D eigenvalue weighted by molar-refractivity contribution is 0.0486. The predicted molar refractivity (Wildman–Crippen MR) is 110 cm³/mol. The molecule has 4 heterocycles. The van der Waals surface area contributed by atoms with Crippen molar-refractivity contribution in [2.24, 2.45) is 5.92 Å². The molecule has 1 aromatic carbocycles. The number of nitrogens with zero attached hydrogens (tertiary/aromatic N) is 4. The van der Waals surface area contributed by atoms with Crippen molar-refractivity contribution in [3.8, 4) is 11.1 Å². The smallest absolute Gasteiger partial charge is 0.155 e. The molecular weight excluding hydrogens is 348 g/mol. The Labute approximate surface area is 166 Å². The number of fused-ring (bicyclic) bond motifs is 1. The highest BCUT2D eigenvalue weighted by Crippen LogP contribution is 2.28. The van der Waals surface area contributed by atoms with Gasteiger partial charge >= 0.3 is 0 Å². The highest BCUT2D eigenvalue weighted by molar-refractivity contribution is 5.64. The summed E-state index contributed by atoms with van der Waals surface area (Å²) in [5.74, 6) is 2.30. The van der Waals surface area contributed by atoms with Crippen molar-refractivity contribution in [1.29, 1.82) is 0 Å². The van der Waals surface area contributed by atoms with Gasteiger partial charge in [0.2, 0.25) is 0 Å². The van der Waals surface area contributed by atoms with Crippen LogP contribution < -0.4 is 0 Å². The molecule has 0 bridgehead atoms. The summed E-state index contributed by atoms with van der Waals surface area (Å²) < 4.78 is 7.44. The van der Waals surface area contributed by atoms with Crippen LogP contribution in [-0.2, 0) is 4.74 Å². The van der Waals surface area contributed by atoms with E-state index in [1.165, 1.54) is 30.5 Å². The number of hydrogen-bond donors (Lipinski definition) is 0. The van der Waals surface area contributed by atoms with Crippen LogP contribution in [0.3, 0.4) is 0 Å². The van der Waals surface area contributed by atoms with Crippen LogP contribution in [-0.4, -0.2) is 52.3 Å². The van der Waals surface area contributed by atoms with E-state index in [-0.39, 0.29) is 0 Å². The van der Waals surface area contributed by atoms with Crippen LogP contribution in [0.25, 0.3) is 16.8 Å². The first-order valence-corrected chi connectivity index (χ1v) is 10.6. The normalized spacial score (nSPS) is 20.0. The highest BCUT2D eigenvalue weighted by atomic mass is 16.5. The van der Waals surface area contributed by atoms with Crippen molar-refractivity contribution in [2.75, 3.05) is 32.8 Å². The second kappa shape index (κ2) is 8.02. The van der Waals surface area contributed by atoms with E-state index in [1.54, 1.807) is 0 Å². The lowest BCUT2D eigenvalue weighted by Gasteiger charge is -2.34. The van der Waals surface area contributed by atoms with Gasteiger partial charge < -0.3 is 9.64 Å². The van der Waals surface area contributed by atoms with Crippen LogP contribution in [0.15, 0.2) is 48.7 Å². The van der Waals surface area contributed by atoms with Gasteiger partial charge in [0.15, 0.2) is 11.5 Å². The van der Waals surface area contributed by atoms with Gasteiger partial charge in [-0.25, -0.2) is 9.50 Å². The van der Waals surface area contributed by atoms with Crippen molar-refractivity contribution in [2.45, 2.75) is 31.6 Å². The van der Waals surface area contributed by atoms with E-state index in [0.717, 1.165) is 56.5 Å². The molecule has 0 unspecified atom stereocenters. The fourth-order valence-corrected chi connectivity index (χ4v) is 4.54. The van der Waals surface area contributed by atoms with E-state index in [1.807, 2.05) is 10.6 Å².